The number of carbonyl (C=O) groups is 1. The van der Waals surface area contributed by atoms with Crippen LogP contribution in [-0.4, -0.2) is 32.4 Å². The normalized spacial score (nSPS) is 10.8. The van der Waals surface area contributed by atoms with E-state index in [2.05, 4.69) is 15.5 Å². The van der Waals surface area contributed by atoms with Crippen molar-refractivity contribution in [3.05, 3.63) is 35.3 Å². The lowest BCUT2D eigenvalue weighted by molar-refractivity contribution is 0.0661. The summed E-state index contributed by atoms with van der Waals surface area (Å²) in [6.45, 7) is 3.06. The first kappa shape index (κ1) is 13.3. The van der Waals surface area contributed by atoms with E-state index in [1.54, 1.807) is 19.3 Å². The molecule has 2 heterocycles. The maximum Gasteiger partial charge on any atom is 0.371 e. The van der Waals surface area contributed by atoms with E-state index in [0.29, 0.717) is 12.3 Å². The number of hydrogen-bond donors (Lipinski definition) is 2. The highest BCUT2D eigenvalue weighted by molar-refractivity contribution is 5.84. The molecule has 102 valence electrons. The van der Waals surface area contributed by atoms with E-state index in [1.165, 1.54) is 0 Å². The van der Waals surface area contributed by atoms with Crippen LogP contribution in [0.25, 0.3) is 0 Å². The lowest BCUT2D eigenvalue weighted by Gasteiger charge is -2.03. The summed E-state index contributed by atoms with van der Waals surface area (Å²) < 4.78 is 7.00. The van der Waals surface area contributed by atoms with E-state index >= 15 is 0 Å². The maximum atomic E-state index is 10.8. The fourth-order valence-corrected chi connectivity index (χ4v) is 1.76. The van der Waals surface area contributed by atoms with Gasteiger partial charge < -0.3 is 19.4 Å². The molecule has 0 bridgehead atoms. The number of aryl methyl sites for hydroxylation is 2. The third kappa shape index (κ3) is 3.19. The van der Waals surface area contributed by atoms with Crippen LogP contribution in [0.3, 0.4) is 0 Å². The number of aromatic nitrogens is 3. The highest BCUT2D eigenvalue weighted by atomic mass is 16.4. The van der Waals surface area contributed by atoms with Crippen molar-refractivity contribution in [3.63, 3.8) is 0 Å². The molecule has 0 aliphatic heterocycles. The summed E-state index contributed by atoms with van der Waals surface area (Å²) in [6, 6.07) is 1.55. The molecule has 0 saturated heterocycles. The van der Waals surface area contributed by atoms with Gasteiger partial charge in [-0.2, -0.15) is 0 Å². The van der Waals surface area contributed by atoms with Gasteiger partial charge in [-0.05, 0) is 13.0 Å². The number of hydrogen-bond acceptors (Lipinski definition) is 5. The zero-order chi connectivity index (χ0) is 13.8. The van der Waals surface area contributed by atoms with Crippen LogP contribution < -0.4 is 5.32 Å². The third-order valence-electron chi connectivity index (χ3n) is 2.88. The molecule has 0 radical (unpaired) electrons. The average molecular weight is 264 g/mol. The van der Waals surface area contributed by atoms with Crippen LogP contribution in [-0.2, 0) is 20.0 Å². The molecule has 0 fully saturated rings. The molecule has 0 unspecified atom stereocenters. The van der Waals surface area contributed by atoms with E-state index < -0.39 is 5.97 Å². The van der Waals surface area contributed by atoms with Crippen LogP contribution in [0.4, 0.5) is 0 Å². The molecule has 0 aliphatic carbocycles. The summed E-state index contributed by atoms with van der Waals surface area (Å²) in [5, 5.41) is 19.8. The van der Waals surface area contributed by atoms with Crippen molar-refractivity contribution in [1.82, 2.24) is 20.1 Å². The van der Waals surface area contributed by atoms with E-state index in [0.717, 1.165) is 24.4 Å². The molecule has 0 spiro atoms. The Morgan fingerprint density at radius 1 is 1.58 bits per heavy atom. The van der Waals surface area contributed by atoms with Crippen LogP contribution in [0.5, 0.6) is 0 Å². The zero-order valence-corrected chi connectivity index (χ0v) is 10.9. The van der Waals surface area contributed by atoms with Gasteiger partial charge in [-0.25, -0.2) is 4.79 Å². The summed E-state index contributed by atoms with van der Waals surface area (Å²) in [5.41, 5.74) is 0.857. The Kier molecular flexibility index (Phi) is 3.96. The van der Waals surface area contributed by atoms with E-state index in [9.17, 15) is 4.79 Å². The van der Waals surface area contributed by atoms with Crippen molar-refractivity contribution in [2.24, 2.45) is 7.05 Å². The van der Waals surface area contributed by atoms with Crippen LogP contribution in [0.15, 0.2) is 16.8 Å². The fourth-order valence-electron chi connectivity index (χ4n) is 1.76. The van der Waals surface area contributed by atoms with Gasteiger partial charge in [-0.15, -0.1) is 10.2 Å². The zero-order valence-electron chi connectivity index (χ0n) is 10.9. The van der Waals surface area contributed by atoms with Gasteiger partial charge in [0, 0.05) is 32.1 Å². The van der Waals surface area contributed by atoms with Crippen molar-refractivity contribution >= 4 is 5.97 Å². The van der Waals surface area contributed by atoms with Gasteiger partial charge in [-0.3, -0.25) is 0 Å². The Balaban J connectivity index is 1.83. The third-order valence-corrected chi connectivity index (χ3v) is 2.88. The Bertz CT molecular complexity index is 573. The van der Waals surface area contributed by atoms with Crippen molar-refractivity contribution in [2.75, 3.05) is 6.54 Å². The average Bonchev–Trinajstić information content (AvgIpc) is 2.92. The molecular weight excluding hydrogens is 248 g/mol. The van der Waals surface area contributed by atoms with Gasteiger partial charge in [0.15, 0.2) is 0 Å². The van der Waals surface area contributed by atoms with Crippen molar-refractivity contribution in [2.45, 2.75) is 19.9 Å². The smallest absolute Gasteiger partial charge is 0.371 e. The minimum Gasteiger partial charge on any atom is -0.475 e. The van der Waals surface area contributed by atoms with Crippen LogP contribution in [0.1, 0.15) is 27.7 Å². The number of aromatic carboxylic acids is 1. The van der Waals surface area contributed by atoms with Gasteiger partial charge in [0.2, 0.25) is 5.76 Å². The molecule has 2 N–H and O–H groups in total. The molecule has 0 saturated carbocycles. The summed E-state index contributed by atoms with van der Waals surface area (Å²) >= 11 is 0. The lowest BCUT2D eigenvalue weighted by Crippen LogP contribution is -2.18. The number of nitrogens with one attached hydrogen (secondary N) is 1. The van der Waals surface area contributed by atoms with Crippen LogP contribution >= 0.6 is 0 Å². The maximum absolute atomic E-state index is 10.8. The molecule has 0 aliphatic rings. The molecule has 2 aromatic rings. The predicted molar refractivity (Wildman–Crippen MR) is 66.8 cm³/mol. The monoisotopic (exact) mass is 264 g/mol. The number of furan rings is 1. The van der Waals surface area contributed by atoms with Gasteiger partial charge >= 0.3 is 5.97 Å². The largest absolute Gasteiger partial charge is 0.475 e. The second kappa shape index (κ2) is 5.66. The summed E-state index contributed by atoms with van der Waals surface area (Å²) in [5.74, 6) is 0.460. The first-order chi connectivity index (χ1) is 9.08. The first-order valence-corrected chi connectivity index (χ1v) is 5.94. The summed E-state index contributed by atoms with van der Waals surface area (Å²) in [4.78, 5) is 10.8. The molecule has 19 heavy (non-hydrogen) atoms. The topological polar surface area (TPSA) is 93.2 Å². The standard InChI is InChI=1S/C12H16N4O3/c1-8-9(5-10(19-8)12(17)18)6-13-4-3-11-15-14-7-16(11)2/h5,7,13H,3-4,6H2,1-2H3,(H,17,18). The number of nitrogens with zero attached hydrogens (tertiary/aromatic N) is 3. The highest BCUT2D eigenvalue weighted by Crippen LogP contribution is 2.14. The minimum atomic E-state index is -1.05. The molecule has 7 heteroatoms. The molecule has 7 nitrogen and oxygen atoms in total. The van der Waals surface area contributed by atoms with Crippen molar-refractivity contribution in [3.8, 4) is 0 Å². The fraction of sp³-hybridized carbons (Fsp3) is 0.417. The molecule has 2 aromatic heterocycles. The molecule has 0 aromatic carbocycles. The van der Waals surface area contributed by atoms with Gasteiger partial charge in [0.1, 0.15) is 17.9 Å². The number of carboxylic acid groups (broad SMARTS) is 1. The molecule has 0 atom stereocenters. The minimum absolute atomic E-state index is 0.0254. The van der Waals surface area contributed by atoms with E-state index in [4.69, 9.17) is 9.52 Å². The first-order valence-electron chi connectivity index (χ1n) is 5.94. The van der Waals surface area contributed by atoms with Gasteiger partial charge in [0.05, 0.1) is 0 Å². The van der Waals surface area contributed by atoms with Crippen molar-refractivity contribution in [1.29, 1.82) is 0 Å². The second-order valence-electron chi connectivity index (χ2n) is 4.28. The Labute approximate surface area is 110 Å². The van der Waals surface area contributed by atoms with Gasteiger partial charge in [-0.1, -0.05) is 0 Å². The summed E-state index contributed by atoms with van der Waals surface area (Å²) in [7, 11) is 1.90. The predicted octanol–water partition coefficient (Wildman–Crippen LogP) is 0.747. The SMILES string of the molecule is Cc1oc(C(=O)O)cc1CNCCc1nncn1C. The Morgan fingerprint density at radius 3 is 2.95 bits per heavy atom. The van der Waals surface area contributed by atoms with Crippen LogP contribution in [0, 0.1) is 6.92 Å². The molecule has 0 amide bonds. The number of carboxylic acids is 1. The highest BCUT2D eigenvalue weighted by Gasteiger charge is 2.12. The van der Waals surface area contributed by atoms with Crippen molar-refractivity contribution < 1.29 is 14.3 Å². The molecular formula is C12H16N4O3. The quantitative estimate of drug-likeness (QED) is 0.748. The lowest BCUT2D eigenvalue weighted by atomic mass is 10.2. The Morgan fingerprint density at radius 2 is 2.37 bits per heavy atom. The second-order valence-corrected chi connectivity index (χ2v) is 4.28. The summed E-state index contributed by atoms with van der Waals surface area (Å²) in [6.07, 6.45) is 2.42. The van der Waals surface area contributed by atoms with E-state index in [1.807, 2.05) is 11.6 Å². The van der Waals surface area contributed by atoms with Crippen LogP contribution in [0.2, 0.25) is 0 Å². The van der Waals surface area contributed by atoms with E-state index in [-0.39, 0.29) is 5.76 Å². The molecule has 2 rings (SSSR count). The van der Waals surface area contributed by atoms with Gasteiger partial charge in [0.25, 0.3) is 0 Å². The Hall–Kier alpha value is -2.15. The number of rotatable bonds is 6.